The molecule has 2 saturated carbocycles. The summed E-state index contributed by atoms with van der Waals surface area (Å²) >= 11 is 1.92. The van der Waals surface area contributed by atoms with Crippen molar-refractivity contribution in [1.82, 2.24) is 0 Å². The number of hydrogen-bond donors (Lipinski definition) is 4. The molecular formula is C29H52O4S. The van der Waals surface area contributed by atoms with Crippen LogP contribution in [-0.4, -0.2) is 56.3 Å². The maximum absolute atomic E-state index is 10.7. The molecule has 4 nitrogen and oxygen atoms in total. The Labute approximate surface area is 213 Å². The molecule has 198 valence electrons. The molecule has 0 bridgehead atoms. The minimum absolute atomic E-state index is 0.230. The van der Waals surface area contributed by atoms with Gasteiger partial charge in [0.25, 0.3) is 0 Å². The van der Waals surface area contributed by atoms with E-state index in [0.29, 0.717) is 24.0 Å². The second kappa shape index (κ2) is 14.8. The summed E-state index contributed by atoms with van der Waals surface area (Å²) < 4.78 is 0. The molecule has 0 aromatic heterocycles. The Hall–Kier alpha value is -0.590. The predicted molar refractivity (Wildman–Crippen MR) is 147 cm³/mol. The number of allylic oxidation sites excluding steroid dienone is 4. The van der Waals surface area contributed by atoms with E-state index in [1.165, 1.54) is 24.8 Å². The zero-order valence-corrected chi connectivity index (χ0v) is 23.6. The van der Waals surface area contributed by atoms with Gasteiger partial charge in [0.05, 0.1) is 17.8 Å². The van der Waals surface area contributed by atoms with Crippen LogP contribution in [0, 0.1) is 11.3 Å². The standard InChI is InChI=1S/C26H42O3S.C2H6.CH4O/c1-5-26(29,6-2)17-30-18(3)21-12-13-22-20(8-7-15-25(21,22)4)11-9-19-10-14-23(27)24(28)16-19;2*1-2/h9,11-12,18,22-24,27-29H,5-8,10,13-17H2,1-4H3;1-2H3;2H,1H3/b19-9-,20-11+;;/t18?,22?,23-,24+,25?;;/m0../s1. The van der Waals surface area contributed by atoms with Crippen LogP contribution >= 0.6 is 11.8 Å². The Morgan fingerprint density at radius 1 is 1.12 bits per heavy atom. The second-order valence-electron chi connectivity index (χ2n) is 10.0. The lowest BCUT2D eigenvalue weighted by Crippen LogP contribution is -2.35. The van der Waals surface area contributed by atoms with Crippen LogP contribution in [0.25, 0.3) is 0 Å². The van der Waals surface area contributed by atoms with E-state index in [2.05, 4.69) is 45.9 Å². The van der Waals surface area contributed by atoms with Gasteiger partial charge in [-0.25, -0.2) is 0 Å². The van der Waals surface area contributed by atoms with Gasteiger partial charge in [0.2, 0.25) is 0 Å². The summed E-state index contributed by atoms with van der Waals surface area (Å²) in [5.74, 6) is 1.39. The molecule has 34 heavy (non-hydrogen) atoms. The maximum Gasteiger partial charge on any atom is 0.0836 e. The number of rotatable bonds is 7. The molecule has 3 aliphatic rings. The lowest BCUT2D eigenvalue weighted by molar-refractivity contribution is 0.00411. The molecule has 0 saturated heterocycles. The van der Waals surface area contributed by atoms with Crippen molar-refractivity contribution < 1.29 is 20.4 Å². The van der Waals surface area contributed by atoms with Gasteiger partial charge in [0, 0.05) is 18.1 Å². The molecule has 0 aromatic carbocycles. The molecule has 0 radical (unpaired) electrons. The van der Waals surface area contributed by atoms with E-state index in [0.717, 1.165) is 38.5 Å². The Morgan fingerprint density at radius 3 is 2.35 bits per heavy atom. The number of fused-ring (bicyclic) bond motifs is 1. The molecule has 0 heterocycles. The third-order valence-corrected chi connectivity index (χ3v) is 9.64. The van der Waals surface area contributed by atoms with Gasteiger partial charge in [-0.1, -0.05) is 69.6 Å². The Bertz CT molecular complexity index is 694. The molecule has 2 fully saturated rings. The minimum atomic E-state index is -0.609. The van der Waals surface area contributed by atoms with Crippen LogP contribution in [-0.2, 0) is 0 Å². The molecule has 0 aromatic rings. The summed E-state index contributed by atoms with van der Waals surface area (Å²) in [5.41, 5.74) is 4.09. The van der Waals surface area contributed by atoms with Gasteiger partial charge in [-0.2, -0.15) is 11.8 Å². The number of thioether (sulfide) groups is 1. The van der Waals surface area contributed by atoms with Crippen molar-refractivity contribution in [3.8, 4) is 0 Å². The fourth-order valence-electron chi connectivity index (χ4n) is 5.71. The van der Waals surface area contributed by atoms with E-state index in [9.17, 15) is 15.3 Å². The van der Waals surface area contributed by atoms with Gasteiger partial charge in [0.1, 0.15) is 0 Å². The topological polar surface area (TPSA) is 80.9 Å². The summed E-state index contributed by atoms with van der Waals surface area (Å²) in [7, 11) is 1.00. The van der Waals surface area contributed by atoms with Crippen molar-refractivity contribution >= 4 is 11.8 Å². The molecule has 0 aliphatic heterocycles. The van der Waals surface area contributed by atoms with Crippen LogP contribution in [0.5, 0.6) is 0 Å². The maximum atomic E-state index is 10.7. The molecular weight excluding hydrogens is 444 g/mol. The van der Waals surface area contributed by atoms with E-state index in [-0.39, 0.29) is 5.41 Å². The summed E-state index contributed by atoms with van der Waals surface area (Å²) in [5, 5.41) is 37.9. The van der Waals surface area contributed by atoms with Gasteiger partial charge in [-0.05, 0) is 76.0 Å². The first-order chi connectivity index (χ1) is 16.2. The van der Waals surface area contributed by atoms with Crippen LogP contribution in [0.1, 0.15) is 99.3 Å². The lowest BCUT2D eigenvalue weighted by atomic mass is 9.64. The SMILES string of the molecule is CC.CCC(O)(CC)CSC(C)C1=CCC2/C(=C/C=C3/CC[C@H](O)[C@H](O)C3)CCCC12C.CO. The first kappa shape index (κ1) is 31.4. The van der Waals surface area contributed by atoms with Crippen LogP contribution in [0.3, 0.4) is 0 Å². The Kier molecular flexibility index (Phi) is 13.7. The summed E-state index contributed by atoms with van der Waals surface area (Å²) in [6, 6.07) is 0. The first-order valence-corrected chi connectivity index (χ1v) is 14.5. The van der Waals surface area contributed by atoms with Crippen LogP contribution in [0.2, 0.25) is 0 Å². The van der Waals surface area contributed by atoms with Crippen LogP contribution in [0.4, 0.5) is 0 Å². The Morgan fingerprint density at radius 2 is 1.76 bits per heavy atom. The van der Waals surface area contributed by atoms with E-state index >= 15 is 0 Å². The van der Waals surface area contributed by atoms with Crippen LogP contribution < -0.4 is 0 Å². The Balaban J connectivity index is 0.00000137. The van der Waals surface area contributed by atoms with Gasteiger partial charge in [-0.3, -0.25) is 0 Å². The van der Waals surface area contributed by atoms with Crippen molar-refractivity contribution in [3.63, 3.8) is 0 Å². The summed E-state index contributed by atoms with van der Waals surface area (Å²) in [6.07, 6.45) is 14.4. The van der Waals surface area contributed by atoms with Crippen LogP contribution in [0.15, 0.2) is 34.9 Å². The largest absolute Gasteiger partial charge is 0.400 e. The van der Waals surface area contributed by atoms with E-state index in [1.54, 1.807) is 11.1 Å². The molecule has 5 atom stereocenters. The molecule has 5 heteroatoms. The molecule has 3 aliphatic carbocycles. The summed E-state index contributed by atoms with van der Waals surface area (Å²) in [4.78, 5) is 0. The summed E-state index contributed by atoms with van der Waals surface area (Å²) in [6.45, 7) is 12.9. The first-order valence-electron chi connectivity index (χ1n) is 13.5. The van der Waals surface area contributed by atoms with Crippen molar-refractivity contribution in [2.75, 3.05) is 12.9 Å². The smallest absolute Gasteiger partial charge is 0.0836 e. The average molecular weight is 497 g/mol. The van der Waals surface area contributed by atoms with Crippen molar-refractivity contribution in [2.45, 2.75) is 122 Å². The second-order valence-corrected chi connectivity index (χ2v) is 11.4. The van der Waals surface area contributed by atoms with Gasteiger partial charge in [0.15, 0.2) is 0 Å². The normalized spacial score (nSPS) is 32.2. The van der Waals surface area contributed by atoms with Gasteiger partial charge in [-0.15, -0.1) is 0 Å². The molecule has 3 unspecified atom stereocenters. The zero-order valence-electron chi connectivity index (χ0n) is 22.8. The average Bonchev–Trinajstić information content (AvgIpc) is 3.23. The molecule has 0 spiro atoms. The highest BCUT2D eigenvalue weighted by molar-refractivity contribution is 8.00. The molecule has 0 amide bonds. The highest BCUT2D eigenvalue weighted by atomic mass is 32.2. The highest BCUT2D eigenvalue weighted by Crippen LogP contribution is 2.56. The van der Waals surface area contributed by atoms with E-state index < -0.39 is 17.8 Å². The van der Waals surface area contributed by atoms with Gasteiger partial charge >= 0.3 is 0 Å². The zero-order chi connectivity index (χ0) is 25.9. The lowest BCUT2D eigenvalue weighted by Gasteiger charge is -2.42. The number of aliphatic hydroxyl groups is 4. The monoisotopic (exact) mass is 496 g/mol. The third-order valence-electron chi connectivity index (χ3n) is 8.18. The minimum Gasteiger partial charge on any atom is -0.400 e. The fraction of sp³-hybridized carbons (Fsp3) is 0.793. The number of hydrogen-bond acceptors (Lipinski definition) is 5. The van der Waals surface area contributed by atoms with Crippen molar-refractivity contribution in [1.29, 1.82) is 0 Å². The van der Waals surface area contributed by atoms with E-state index in [1.807, 2.05) is 25.6 Å². The van der Waals surface area contributed by atoms with Crippen molar-refractivity contribution in [2.24, 2.45) is 11.3 Å². The van der Waals surface area contributed by atoms with Crippen molar-refractivity contribution in [3.05, 3.63) is 34.9 Å². The molecule has 4 N–H and O–H groups in total. The number of aliphatic hydroxyl groups excluding tert-OH is 3. The van der Waals surface area contributed by atoms with E-state index in [4.69, 9.17) is 5.11 Å². The highest BCUT2D eigenvalue weighted by Gasteiger charge is 2.46. The molecule has 3 rings (SSSR count). The predicted octanol–water partition coefficient (Wildman–Crippen LogP) is 6.19. The fourth-order valence-corrected chi connectivity index (χ4v) is 7.23. The third kappa shape index (κ3) is 7.70. The quantitative estimate of drug-likeness (QED) is 0.316. The van der Waals surface area contributed by atoms with Gasteiger partial charge < -0.3 is 20.4 Å².